The van der Waals surface area contributed by atoms with Crippen molar-refractivity contribution in [3.63, 3.8) is 0 Å². The highest BCUT2D eigenvalue weighted by molar-refractivity contribution is 5.43. The molecule has 0 heterocycles. The average Bonchev–Trinajstić information content (AvgIpc) is 2.33. The van der Waals surface area contributed by atoms with Crippen molar-refractivity contribution < 1.29 is 14.7 Å². The first-order chi connectivity index (χ1) is 8.32. The summed E-state index contributed by atoms with van der Waals surface area (Å²) in [6, 6.07) is 6.50. The van der Waals surface area contributed by atoms with E-state index in [1.54, 1.807) is 13.8 Å². The number of nitrogens with one attached hydrogen (secondary N) is 1. The van der Waals surface area contributed by atoms with Crippen LogP contribution >= 0.6 is 0 Å². The molecule has 0 aliphatic heterocycles. The second-order valence-electron chi connectivity index (χ2n) is 4.84. The van der Waals surface area contributed by atoms with Gasteiger partial charge in [0.1, 0.15) is 5.60 Å². The molecule has 0 atom stereocenters. The Morgan fingerprint density at radius 2 is 1.89 bits per heavy atom. The molecule has 1 aromatic rings. The highest BCUT2D eigenvalue weighted by atomic mass is 16.7. The summed E-state index contributed by atoms with van der Waals surface area (Å²) < 4.78 is 0. The fourth-order valence-electron chi connectivity index (χ4n) is 1.11. The van der Waals surface area contributed by atoms with Crippen molar-refractivity contribution in [2.75, 3.05) is 6.61 Å². The van der Waals surface area contributed by atoms with E-state index in [1.165, 1.54) is 16.7 Å². The molecule has 0 radical (unpaired) electrons. The number of amides is 1. The molecule has 0 aliphatic rings. The van der Waals surface area contributed by atoms with Crippen LogP contribution in [0, 0.1) is 20.8 Å². The molecule has 4 nitrogen and oxygen atoms in total. The quantitative estimate of drug-likeness (QED) is 0.638. The number of aliphatic hydroxyl groups excluding tert-OH is 1. The van der Waals surface area contributed by atoms with Gasteiger partial charge in [-0.15, -0.1) is 0 Å². The van der Waals surface area contributed by atoms with E-state index in [4.69, 9.17) is 5.11 Å². The second-order valence-corrected chi connectivity index (χ2v) is 4.84. The Labute approximate surface area is 109 Å². The average molecular weight is 253 g/mol. The van der Waals surface area contributed by atoms with Crippen LogP contribution in [0.3, 0.4) is 0 Å². The van der Waals surface area contributed by atoms with Gasteiger partial charge in [0, 0.05) is 0 Å². The largest absolute Gasteiger partial charge is 0.393 e. The molecular weight excluding hydrogens is 230 g/mol. The molecule has 2 N–H and O–H groups in total. The molecule has 102 valence electrons. The Bertz CT molecular complexity index is 375. The molecule has 0 spiro atoms. The van der Waals surface area contributed by atoms with Crippen LogP contribution < -0.4 is 5.48 Å². The van der Waals surface area contributed by atoms with Crippen LogP contribution in [0.2, 0.25) is 0 Å². The topological polar surface area (TPSA) is 58.6 Å². The van der Waals surface area contributed by atoms with Gasteiger partial charge >= 0.3 is 0 Å². The smallest absolute Gasteiger partial charge is 0.230 e. The van der Waals surface area contributed by atoms with Gasteiger partial charge in [0.05, 0.1) is 6.61 Å². The van der Waals surface area contributed by atoms with Crippen molar-refractivity contribution in [3.05, 3.63) is 34.9 Å². The fraction of sp³-hybridized carbons (Fsp3) is 0.500. The number of aliphatic hydroxyl groups is 1. The van der Waals surface area contributed by atoms with Gasteiger partial charge in [-0.05, 0) is 45.7 Å². The summed E-state index contributed by atoms with van der Waals surface area (Å²) >= 11 is 0. The zero-order valence-electron chi connectivity index (χ0n) is 11.8. The number of carbonyl (C=O) groups is 1. The number of aryl methyl sites for hydroxylation is 3. The van der Waals surface area contributed by atoms with E-state index in [-0.39, 0.29) is 6.61 Å². The summed E-state index contributed by atoms with van der Waals surface area (Å²) in [7, 11) is 0. The van der Waals surface area contributed by atoms with E-state index in [1.807, 2.05) is 5.48 Å². The number of hydrogen-bond donors (Lipinski definition) is 2. The lowest BCUT2D eigenvalue weighted by Crippen LogP contribution is -2.34. The van der Waals surface area contributed by atoms with Gasteiger partial charge in [-0.1, -0.05) is 23.8 Å². The van der Waals surface area contributed by atoms with E-state index in [2.05, 4.69) is 43.8 Å². The van der Waals surface area contributed by atoms with Crippen molar-refractivity contribution in [1.29, 1.82) is 0 Å². The maximum Gasteiger partial charge on any atom is 0.230 e. The fourth-order valence-corrected chi connectivity index (χ4v) is 1.11. The minimum Gasteiger partial charge on any atom is -0.393 e. The number of rotatable bonds is 4. The Balaban J connectivity index is 0.000000321. The molecular formula is C14H23NO3. The van der Waals surface area contributed by atoms with Gasteiger partial charge in [-0.3, -0.25) is 9.63 Å². The zero-order chi connectivity index (χ0) is 14.2. The molecule has 18 heavy (non-hydrogen) atoms. The molecule has 0 aliphatic carbocycles. The maximum absolute atomic E-state index is 9.65. The Morgan fingerprint density at radius 3 is 2.28 bits per heavy atom. The summed E-state index contributed by atoms with van der Waals surface area (Å²) in [6.45, 7) is 9.57. The Hall–Kier alpha value is -1.39. The highest BCUT2D eigenvalue weighted by Crippen LogP contribution is 2.07. The normalized spacial score (nSPS) is 10.3. The van der Waals surface area contributed by atoms with Crippen LogP contribution in [0.15, 0.2) is 18.2 Å². The summed E-state index contributed by atoms with van der Waals surface area (Å²) in [4.78, 5) is 14.3. The molecule has 0 aromatic heterocycles. The lowest BCUT2D eigenvalue weighted by atomic mass is 10.1. The van der Waals surface area contributed by atoms with Crippen LogP contribution in [0.4, 0.5) is 0 Å². The monoisotopic (exact) mass is 253 g/mol. The lowest BCUT2D eigenvalue weighted by molar-refractivity contribution is -0.141. The number of benzene rings is 1. The molecule has 1 amide bonds. The van der Waals surface area contributed by atoms with Crippen molar-refractivity contribution in [2.24, 2.45) is 0 Å². The van der Waals surface area contributed by atoms with Gasteiger partial charge in [0.2, 0.25) is 6.41 Å². The van der Waals surface area contributed by atoms with E-state index < -0.39 is 5.60 Å². The molecule has 0 saturated carbocycles. The maximum atomic E-state index is 9.65. The Morgan fingerprint density at radius 1 is 1.28 bits per heavy atom. The first kappa shape index (κ1) is 16.6. The molecule has 1 aromatic carbocycles. The number of carbonyl (C=O) groups excluding carboxylic acids is 1. The summed E-state index contributed by atoms with van der Waals surface area (Å²) in [5.41, 5.74) is 5.41. The van der Waals surface area contributed by atoms with Gasteiger partial charge in [-0.25, -0.2) is 5.48 Å². The van der Waals surface area contributed by atoms with E-state index in [9.17, 15) is 4.79 Å². The molecule has 0 saturated heterocycles. The first-order valence-corrected chi connectivity index (χ1v) is 5.84. The van der Waals surface area contributed by atoms with Gasteiger partial charge < -0.3 is 5.11 Å². The molecule has 4 heteroatoms. The minimum atomic E-state index is -0.694. The van der Waals surface area contributed by atoms with Gasteiger partial charge in [0.25, 0.3) is 0 Å². The van der Waals surface area contributed by atoms with Crippen LogP contribution in [-0.2, 0) is 9.63 Å². The highest BCUT2D eigenvalue weighted by Gasteiger charge is 2.16. The predicted octanol–water partition coefficient (Wildman–Crippen LogP) is 2.05. The SMILES string of the molecule is CC(C)(CO)ONC=O.Cc1ccc(C)c(C)c1. The third-order valence-electron chi connectivity index (χ3n) is 2.43. The van der Waals surface area contributed by atoms with Crippen LogP contribution in [-0.4, -0.2) is 23.7 Å². The van der Waals surface area contributed by atoms with Crippen molar-refractivity contribution in [1.82, 2.24) is 5.48 Å². The van der Waals surface area contributed by atoms with E-state index in [0.29, 0.717) is 6.41 Å². The molecule has 0 unspecified atom stereocenters. The second kappa shape index (κ2) is 7.84. The van der Waals surface area contributed by atoms with Crippen molar-refractivity contribution in [3.8, 4) is 0 Å². The standard InChI is InChI=1S/C9H12.C5H11NO3/c1-7-4-5-8(2)9(3)6-7;1-5(2,3-7)9-6-4-8/h4-6H,1-3H3;4,7H,3H2,1-2H3,(H,6,8). The summed E-state index contributed by atoms with van der Waals surface area (Å²) in [5, 5.41) is 8.54. The number of hydroxylamine groups is 1. The van der Waals surface area contributed by atoms with Crippen LogP contribution in [0.5, 0.6) is 0 Å². The van der Waals surface area contributed by atoms with E-state index in [0.717, 1.165) is 0 Å². The van der Waals surface area contributed by atoms with E-state index >= 15 is 0 Å². The van der Waals surface area contributed by atoms with Crippen molar-refractivity contribution in [2.45, 2.75) is 40.2 Å². The lowest BCUT2D eigenvalue weighted by Gasteiger charge is -2.19. The van der Waals surface area contributed by atoms with Crippen LogP contribution in [0.1, 0.15) is 30.5 Å². The third-order valence-corrected chi connectivity index (χ3v) is 2.43. The predicted molar refractivity (Wildman–Crippen MR) is 72.1 cm³/mol. The van der Waals surface area contributed by atoms with Crippen molar-refractivity contribution >= 4 is 6.41 Å². The molecule has 0 fully saturated rings. The zero-order valence-corrected chi connectivity index (χ0v) is 11.8. The minimum absolute atomic E-state index is 0.131. The Kier molecular flexibility index (Phi) is 7.24. The summed E-state index contributed by atoms with van der Waals surface area (Å²) in [6.07, 6.45) is 0.414. The third kappa shape index (κ3) is 7.04. The van der Waals surface area contributed by atoms with Gasteiger partial charge in [-0.2, -0.15) is 0 Å². The number of hydrogen-bond acceptors (Lipinski definition) is 3. The van der Waals surface area contributed by atoms with Gasteiger partial charge in [0.15, 0.2) is 0 Å². The molecule has 0 bridgehead atoms. The first-order valence-electron chi connectivity index (χ1n) is 5.84. The van der Waals surface area contributed by atoms with Crippen LogP contribution in [0.25, 0.3) is 0 Å². The summed E-state index contributed by atoms with van der Waals surface area (Å²) in [5.74, 6) is 0. The molecule has 1 rings (SSSR count).